The molecule has 1 aliphatic heterocycles. The molecule has 0 radical (unpaired) electrons. The van der Waals surface area contributed by atoms with Crippen molar-refractivity contribution in [3.8, 4) is 11.3 Å². The zero-order valence-electron chi connectivity index (χ0n) is 16.0. The number of hydrogen-bond donors (Lipinski definition) is 2. The van der Waals surface area contributed by atoms with E-state index in [1.54, 1.807) is 30.3 Å². The van der Waals surface area contributed by atoms with E-state index in [1.165, 1.54) is 28.8 Å². The van der Waals surface area contributed by atoms with Crippen molar-refractivity contribution in [1.29, 1.82) is 0 Å². The van der Waals surface area contributed by atoms with Gasteiger partial charge in [-0.1, -0.05) is 36.1 Å². The number of hydrogen-bond acceptors (Lipinski definition) is 7. The number of carbonyl (C=O) groups excluding carboxylic acids is 2. The third-order valence-corrected chi connectivity index (χ3v) is 5.18. The number of aromatic carboxylic acids is 1. The lowest BCUT2D eigenvalue weighted by molar-refractivity contribution is -0.367. The molecule has 32 heavy (non-hydrogen) atoms. The number of nitrogens with zero attached hydrogens (tertiary/aromatic N) is 1. The third-order valence-electron chi connectivity index (χ3n) is 3.80. The largest absolute Gasteiger partial charge is 0.542 e. The first-order chi connectivity index (χ1) is 14.9. The fourth-order valence-corrected chi connectivity index (χ4v) is 3.63. The Balaban J connectivity index is 0.000000451. The average molecular weight is 488 g/mol. The number of halogens is 3. The number of thioether (sulfide) groups is 1. The van der Waals surface area contributed by atoms with E-state index in [1.807, 2.05) is 0 Å². The summed E-state index contributed by atoms with van der Waals surface area (Å²) < 4.78 is 37.8. The molecule has 0 atom stereocenters. The standard InChI is InChI=1S/C17H14N2O4S2.C2HF3O2/c18-7-8-19-15(20)14(25-17(19)24)9-12-5-6-13(23-12)10-1-3-11(4-2-10)16(21)22;3-2(4,5)1(6)7/h1-6,9H,7-8,18H2,(H,21,22);(H,6,7). The van der Waals surface area contributed by atoms with Crippen LogP contribution >= 0.6 is 24.0 Å². The number of quaternary nitrogens is 1. The number of thiocarbonyl (C=S) groups is 1. The monoisotopic (exact) mass is 488 g/mol. The topological polar surface area (TPSA) is 139 Å². The van der Waals surface area contributed by atoms with E-state index >= 15 is 0 Å². The molecule has 4 N–H and O–H groups in total. The first kappa shape index (κ1) is 25.1. The zero-order valence-corrected chi connectivity index (χ0v) is 17.7. The Kier molecular flexibility index (Phi) is 8.19. The van der Waals surface area contributed by atoms with Gasteiger partial charge < -0.3 is 25.2 Å². The van der Waals surface area contributed by atoms with Gasteiger partial charge in [0.25, 0.3) is 5.91 Å². The molecule has 1 saturated heterocycles. The minimum absolute atomic E-state index is 0.137. The molecule has 0 saturated carbocycles. The van der Waals surface area contributed by atoms with E-state index in [-0.39, 0.29) is 11.5 Å². The molecular weight excluding hydrogens is 473 g/mol. The van der Waals surface area contributed by atoms with Gasteiger partial charge in [-0.15, -0.1) is 0 Å². The number of carboxylic acids is 2. The molecule has 2 aromatic rings. The van der Waals surface area contributed by atoms with Crippen molar-refractivity contribution in [3.05, 3.63) is 52.6 Å². The highest BCUT2D eigenvalue weighted by Crippen LogP contribution is 2.33. The normalized spacial score (nSPS) is 15.0. The van der Waals surface area contributed by atoms with Crippen molar-refractivity contribution in [2.45, 2.75) is 6.18 Å². The molecular formula is C19H15F3N2O6S2. The van der Waals surface area contributed by atoms with Crippen LogP contribution in [0.25, 0.3) is 17.4 Å². The summed E-state index contributed by atoms with van der Waals surface area (Å²) in [7, 11) is 0. The second-order valence-corrected chi connectivity index (χ2v) is 7.73. The van der Waals surface area contributed by atoms with Gasteiger partial charge in [0.2, 0.25) is 0 Å². The smallest absolute Gasteiger partial charge is 0.430 e. The maximum absolute atomic E-state index is 12.3. The fraction of sp³-hybridized carbons (Fsp3) is 0.158. The Labute approximate surface area is 188 Å². The van der Waals surface area contributed by atoms with Crippen molar-refractivity contribution in [3.63, 3.8) is 0 Å². The summed E-state index contributed by atoms with van der Waals surface area (Å²) >= 11 is 6.45. The quantitative estimate of drug-likeness (QED) is 0.476. The molecule has 13 heteroatoms. The zero-order chi connectivity index (χ0) is 24.1. The fourth-order valence-electron chi connectivity index (χ4n) is 2.34. The Morgan fingerprint density at radius 2 is 1.81 bits per heavy atom. The van der Waals surface area contributed by atoms with E-state index < -0.39 is 18.1 Å². The number of carbonyl (C=O) groups is 3. The van der Waals surface area contributed by atoms with Crippen LogP contribution in [0, 0.1) is 0 Å². The second-order valence-electron chi connectivity index (χ2n) is 6.06. The van der Waals surface area contributed by atoms with Gasteiger partial charge in [0.15, 0.2) is 0 Å². The molecule has 1 fully saturated rings. The summed E-state index contributed by atoms with van der Waals surface area (Å²) in [6.45, 7) is 1.10. The Hall–Kier alpha value is -3.16. The second kappa shape index (κ2) is 10.4. The van der Waals surface area contributed by atoms with Crippen LogP contribution < -0.4 is 10.8 Å². The maximum Gasteiger partial charge on any atom is 0.430 e. The van der Waals surface area contributed by atoms with Crippen molar-refractivity contribution < 1.29 is 47.9 Å². The van der Waals surface area contributed by atoms with E-state index in [0.29, 0.717) is 33.8 Å². The lowest BCUT2D eigenvalue weighted by atomic mass is 10.1. The molecule has 1 amide bonds. The number of alkyl halides is 3. The number of rotatable bonds is 5. The third kappa shape index (κ3) is 6.42. The van der Waals surface area contributed by atoms with Crippen molar-refractivity contribution >= 4 is 52.2 Å². The lowest BCUT2D eigenvalue weighted by Crippen LogP contribution is -2.55. The van der Waals surface area contributed by atoms with E-state index in [0.717, 1.165) is 5.56 Å². The Bertz CT molecular complexity index is 1060. The van der Waals surface area contributed by atoms with Crippen molar-refractivity contribution in [1.82, 2.24) is 4.90 Å². The summed E-state index contributed by atoms with van der Waals surface area (Å²) in [5.41, 5.74) is 4.71. The minimum atomic E-state index is -5.19. The summed E-state index contributed by atoms with van der Waals surface area (Å²) in [5.74, 6) is -2.99. The van der Waals surface area contributed by atoms with Crippen LogP contribution in [0.3, 0.4) is 0 Å². The predicted octanol–water partition coefficient (Wildman–Crippen LogP) is 1.39. The molecule has 1 aromatic heterocycles. The number of furan rings is 1. The van der Waals surface area contributed by atoms with Crippen molar-refractivity contribution in [2.75, 3.05) is 13.1 Å². The van der Waals surface area contributed by atoms with Gasteiger partial charge >= 0.3 is 12.1 Å². The average Bonchev–Trinajstić information content (AvgIpc) is 3.28. The van der Waals surface area contributed by atoms with Crippen LogP contribution in [-0.4, -0.2) is 51.4 Å². The van der Waals surface area contributed by atoms with Crippen LogP contribution in [-0.2, 0) is 9.59 Å². The van der Waals surface area contributed by atoms with Gasteiger partial charge in [-0.2, -0.15) is 13.2 Å². The van der Waals surface area contributed by atoms with Gasteiger partial charge in [-0.3, -0.25) is 9.69 Å². The molecule has 0 aliphatic carbocycles. The summed E-state index contributed by atoms with van der Waals surface area (Å²) in [6, 6.07) is 9.93. The molecule has 1 aromatic carbocycles. The molecule has 2 heterocycles. The van der Waals surface area contributed by atoms with E-state index in [2.05, 4.69) is 5.73 Å². The van der Waals surface area contributed by atoms with Gasteiger partial charge in [0.1, 0.15) is 21.8 Å². The van der Waals surface area contributed by atoms with Crippen molar-refractivity contribution in [2.24, 2.45) is 0 Å². The van der Waals surface area contributed by atoms with Crippen LogP contribution in [0.15, 0.2) is 45.7 Å². The number of amides is 1. The van der Waals surface area contributed by atoms with Gasteiger partial charge in [0, 0.05) is 11.6 Å². The highest BCUT2D eigenvalue weighted by molar-refractivity contribution is 8.26. The molecule has 170 valence electrons. The highest BCUT2D eigenvalue weighted by Gasteiger charge is 2.32. The Morgan fingerprint density at radius 3 is 2.31 bits per heavy atom. The molecule has 8 nitrogen and oxygen atoms in total. The first-order valence-electron chi connectivity index (χ1n) is 8.70. The molecule has 1 aliphatic rings. The van der Waals surface area contributed by atoms with Crippen LogP contribution in [0.4, 0.5) is 13.2 Å². The molecule has 0 unspecified atom stereocenters. The maximum atomic E-state index is 12.3. The SMILES string of the molecule is O=C([O-])C(F)(F)F.[NH3+]CCN1C(=O)C(=Cc2ccc(-c3ccc(C(=O)O)cc3)o2)SC1=S. The van der Waals surface area contributed by atoms with Gasteiger partial charge in [-0.05, 0) is 24.3 Å². The van der Waals surface area contributed by atoms with Gasteiger partial charge in [0.05, 0.1) is 23.6 Å². The predicted molar refractivity (Wildman–Crippen MR) is 110 cm³/mol. The lowest BCUT2D eigenvalue weighted by Gasteiger charge is -2.10. The summed E-state index contributed by atoms with van der Waals surface area (Å²) in [6.07, 6.45) is -3.53. The van der Waals surface area contributed by atoms with Gasteiger partial charge in [-0.25, -0.2) is 4.79 Å². The van der Waals surface area contributed by atoms with E-state index in [4.69, 9.17) is 31.6 Å². The van der Waals surface area contributed by atoms with E-state index in [9.17, 15) is 22.8 Å². The highest BCUT2D eigenvalue weighted by atomic mass is 32.2. The first-order valence-corrected chi connectivity index (χ1v) is 9.93. The summed E-state index contributed by atoms with van der Waals surface area (Å²) in [4.78, 5) is 34.0. The van der Waals surface area contributed by atoms with Crippen LogP contribution in [0.2, 0.25) is 0 Å². The number of benzene rings is 1. The Morgan fingerprint density at radius 1 is 1.22 bits per heavy atom. The molecule has 0 spiro atoms. The van der Waals surface area contributed by atoms with Crippen LogP contribution in [0.1, 0.15) is 16.1 Å². The number of carboxylic acid groups (broad SMARTS) is 2. The molecule has 3 rings (SSSR count). The number of aliphatic carboxylic acids is 1. The summed E-state index contributed by atoms with van der Waals surface area (Å²) in [5, 5.41) is 17.7. The van der Waals surface area contributed by atoms with Crippen LogP contribution in [0.5, 0.6) is 0 Å². The molecule has 0 bridgehead atoms. The minimum Gasteiger partial charge on any atom is -0.542 e.